The molecule has 3 nitrogen and oxygen atoms in total. The van der Waals surface area contributed by atoms with Gasteiger partial charge >= 0.3 is 0 Å². The lowest BCUT2D eigenvalue weighted by atomic mass is 10.2. The molecular formula is C15H17NO2S2. The molecule has 2 rings (SSSR count). The summed E-state index contributed by atoms with van der Waals surface area (Å²) in [5, 5.41) is 0. The average Bonchev–Trinajstić information content (AvgIpc) is 2.42. The smallest absolute Gasteiger partial charge is 0.181 e. The Morgan fingerprint density at radius 1 is 1.05 bits per heavy atom. The van der Waals surface area contributed by atoms with E-state index in [0.717, 1.165) is 10.5 Å². The van der Waals surface area contributed by atoms with E-state index in [2.05, 4.69) is 0 Å². The molecule has 0 bridgehead atoms. The second-order valence-electron chi connectivity index (χ2n) is 4.47. The topological polar surface area (TPSA) is 60.2 Å². The van der Waals surface area contributed by atoms with Crippen molar-refractivity contribution in [2.45, 2.75) is 16.7 Å². The summed E-state index contributed by atoms with van der Waals surface area (Å²) in [5.41, 5.74) is 7.02. The highest BCUT2D eigenvalue weighted by atomic mass is 32.2. The largest absolute Gasteiger partial charge is 0.397 e. The Labute approximate surface area is 124 Å². The van der Waals surface area contributed by atoms with Gasteiger partial charge in [0.1, 0.15) is 0 Å². The summed E-state index contributed by atoms with van der Waals surface area (Å²) in [4.78, 5) is 1.31. The fourth-order valence-corrected chi connectivity index (χ4v) is 4.62. The first-order valence-electron chi connectivity index (χ1n) is 6.26. The van der Waals surface area contributed by atoms with Gasteiger partial charge in [-0.05, 0) is 30.7 Å². The molecule has 0 aliphatic carbocycles. The van der Waals surface area contributed by atoms with Crippen molar-refractivity contribution in [3.63, 3.8) is 0 Å². The van der Waals surface area contributed by atoms with E-state index in [1.807, 2.05) is 43.3 Å². The van der Waals surface area contributed by atoms with E-state index in [0.29, 0.717) is 11.4 Å². The molecule has 0 saturated heterocycles. The predicted octanol–water partition coefficient (Wildman–Crippen LogP) is 3.14. The van der Waals surface area contributed by atoms with Gasteiger partial charge in [-0.25, -0.2) is 8.42 Å². The number of nitrogens with two attached hydrogens (primary N) is 1. The molecule has 2 N–H and O–H groups in total. The summed E-state index contributed by atoms with van der Waals surface area (Å²) in [6.45, 7) is 1.81. The van der Waals surface area contributed by atoms with Crippen LogP contribution in [0.25, 0.3) is 0 Å². The van der Waals surface area contributed by atoms with Gasteiger partial charge in [0.25, 0.3) is 0 Å². The lowest BCUT2D eigenvalue weighted by Gasteiger charge is -2.09. The fourth-order valence-electron chi connectivity index (χ4n) is 1.82. The lowest BCUT2D eigenvalue weighted by Crippen LogP contribution is -2.11. The number of rotatable bonds is 5. The van der Waals surface area contributed by atoms with Gasteiger partial charge in [-0.15, -0.1) is 11.8 Å². The summed E-state index contributed by atoms with van der Waals surface area (Å²) in [6.07, 6.45) is 0. The SMILES string of the molecule is Cc1cccc(S(=O)(=O)CCSc2ccccc2)c1N. The number of nitrogen functional groups attached to an aromatic ring is 1. The van der Waals surface area contributed by atoms with Crippen LogP contribution in [0.4, 0.5) is 5.69 Å². The van der Waals surface area contributed by atoms with E-state index in [1.165, 1.54) is 11.8 Å². The molecule has 0 saturated carbocycles. The van der Waals surface area contributed by atoms with E-state index >= 15 is 0 Å². The van der Waals surface area contributed by atoms with Crippen LogP contribution in [0.5, 0.6) is 0 Å². The zero-order valence-electron chi connectivity index (χ0n) is 11.2. The van der Waals surface area contributed by atoms with Crippen molar-refractivity contribution in [1.29, 1.82) is 0 Å². The number of thioether (sulfide) groups is 1. The lowest BCUT2D eigenvalue weighted by molar-refractivity contribution is 0.598. The second kappa shape index (κ2) is 6.33. The van der Waals surface area contributed by atoms with Crippen LogP contribution >= 0.6 is 11.8 Å². The van der Waals surface area contributed by atoms with E-state index in [9.17, 15) is 8.42 Å². The van der Waals surface area contributed by atoms with Gasteiger partial charge in [0.05, 0.1) is 16.3 Å². The van der Waals surface area contributed by atoms with Crippen molar-refractivity contribution < 1.29 is 8.42 Å². The van der Waals surface area contributed by atoms with Gasteiger partial charge in [0.2, 0.25) is 0 Å². The molecule has 0 atom stereocenters. The highest BCUT2D eigenvalue weighted by molar-refractivity contribution is 8.00. The van der Waals surface area contributed by atoms with Crippen molar-refractivity contribution >= 4 is 27.3 Å². The molecule has 0 radical (unpaired) electrons. The van der Waals surface area contributed by atoms with E-state index in [4.69, 9.17) is 5.73 Å². The number of benzene rings is 2. The summed E-state index contributed by atoms with van der Waals surface area (Å²) in [6, 6.07) is 14.9. The van der Waals surface area contributed by atoms with Gasteiger partial charge in [0, 0.05) is 10.6 Å². The Morgan fingerprint density at radius 3 is 2.45 bits per heavy atom. The van der Waals surface area contributed by atoms with Crippen molar-refractivity contribution in [3.8, 4) is 0 Å². The number of hydrogen-bond acceptors (Lipinski definition) is 4. The molecule has 5 heteroatoms. The van der Waals surface area contributed by atoms with Crippen LogP contribution in [0.3, 0.4) is 0 Å². The van der Waals surface area contributed by atoms with Crippen LogP contribution in [-0.4, -0.2) is 19.9 Å². The highest BCUT2D eigenvalue weighted by Gasteiger charge is 2.18. The number of hydrogen-bond donors (Lipinski definition) is 1. The van der Waals surface area contributed by atoms with Gasteiger partial charge in [-0.2, -0.15) is 0 Å². The molecule has 0 unspecified atom stereocenters. The number of para-hydroxylation sites is 1. The van der Waals surface area contributed by atoms with Crippen molar-refractivity contribution in [2.75, 3.05) is 17.2 Å². The van der Waals surface area contributed by atoms with Gasteiger partial charge in [-0.1, -0.05) is 30.3 Å². The third kappa shape index (κ3) is 3.55. The zero-order chi connectivity index (χ0) is 14.6. The first kappa shape index (κ1) is 14.9. The van der Waals surface area contributed by atoms with E-state index < -0.39 is 9.84 Å². The first-order chi connectivity index (χ1) is 9.50. The Balaban J connectivity index is 2.06. The molecule has 0 heterocycles. The van der Waals surface area contributed by atoms with E-state index in [1.54, 1.807) is 12.1 Å². The van der Waals surface area contributed by atoms with Crippen LogP contribution in [0.2, 0.25) is 0 Å². The summed E-state index contributed by atoms with van der Waals surface area (Å²) in [5.74, 6) is 0.597. The second-order valence-corrected chi connectivity index (χ2v) is 7.71. The fraction of sp³-hybridized carbons (Fsp3) is 0.200. The normalized spacial score (nSPS) is 11.4. The van der Waals surface area contributed by atoms with Gasteiger partial charge in [0.15, 0.2) is 9.84 Å². The minimum Gasteiger partial charge on any atom is -0.397 e. The third-order valence-corrected chi connectivity index (χ3v) is 6.02. The summed E-state index contributed by atoms with van der Waals surface area (Å²) < 4.78 is 24.6. The highest BCUT2D eigenvalue weighted by Crippen LogP contribution is 2.24. The minimum atomic E-state index is -3.33. The minimum absolute atomic E-state index is 0.0835. The molecule has 0 amide bonds. The Kier molecular flexibility index (Phi) is 4.73. The number of anilines is 1. The molecule has 0 aliphatic heterocycles. The van der Waals surface area contributed by atoms with Gasteiger partial charge in [-0.3, -0.25) is 0 Å². The summed E-state index contributed by atoms with van der Waals surface area (Å²) in [7, 11) is -3.33. The third-order valence-electron chi connectivity index (χ3n) is 2.98. The maximum Gasteiger partial charge on any atom is 0.181 e. The van der Waals surface area contributed by atoms with Crippen molar-refractivity contribution in [1.82, 2.24) is 0 Å². The molecule has 0 spiro atoms. The van der Waals surface area contributed by atoms with Crippen LogP contribution in [0, 0.1) is 6.92 Å². The molecule has 0 aliphatic rings. The molecule has 2 aromatic rings. The van der Waals surface area contributed by atoms with Gasteiger partial charge < -0.3 is 5.73 Å². The maximum atomic E-state index is 12.3. The summed E-state index contributed by atoms with van der Waals surface area (Å²) >= 11 is 1.53. The monoisotopic (exact) mass is 307 g/mol. The van der Waals surface area contributed by atoms with Crippen molar-refractivity contribution in [3.05, 3.63) is 54.1 Å². The predicted molar refractivity (Wildman–Crippen MR) is 84.8 cm³/mol. The van der Waals surface area contributed by atoms with Crippen LogP contribution in [0.15, 0.2) is 58.3 Å². The number of sulfone groups is 1. The molecular weight excluding hydrogens is 290 g/mol. The van der Waals surface area contributed by atoms with Crippen LogP contribution in [0.1, 0.15) is 5.56 Å². The Hall–Kier alpha value is -1.46. The zero-order valence-corrected chi connectivity index (χ0v) is 12.9. The standard InChI is InChI=1S/C15H17NO2S2/c1-12-6-5-9-14(15(12)16)20(17,18)11-10-19-13-7-3-2-4-8-13/h2-9H,10-11,16H2,1H3. The number of aryl methyl sites for hydroxylation is 1. The van der Waals surface area contributed by atoms with Crippen molar-refractivity contribution in [2.24, 2.45) is 0 Å². The Morgan fingerprint density at radius 2 is 1.75 bits per heavy atom. The Bertz CT molecular complexity index is 682. The molecule has 20 heavy (non-hydrogen) atoms. The van der Waals surface area contributed by atoms with Crippen LogP contribution < -0.4 is 5.73 Å². The average molecular weight is 307 g/mol. The molecule has 0 aromatic heterocycles. The molecule has 2 aromatic carbocycles. The quantitative estimate of drug-likeness (QED) is 0.681. The van der Waals surface area contributed by atoms with Crippen LogP contribution in [-0.2, 0) is 9.84 Å². The maximum absolute atomic E-state index is 12.3. The van der Waals surface area contributed by atoms with E-state index in [-0.39, 0.29) is 10.6 Å². The molecule has 106 valence electrons. The first-order valence-corrected chi connectivity index (χ1v) is 8.90. The molecule has 0 fully saturated rings.